The Kier molecular flexibility index (Phi) is 6.22. The highest BCUT2D eigenvalue weighted by Crippen LogP contribution is 2.21. The molecule has 1 fully saturated rings. The van der Waals surface area contributed by atoms with Crippen molar-refractivity contribution in [3.05, 3.63) is 71.0 Å². The molecule has 0 radical (unpaired) electrons. The van der Waals surface area contributed by atoms with Crippen molar-refractivity contribution in [2.45, 2.75) is 32.5 Å². The quantitative estimate of drug-likeness (QED) is 0.665. The highest BCUT2D eigenvalue weighted by Gasteiger charge is 2.27. The van der Waals surface area contributed by atoms with E-state index in [-0.39, 0.29) is 6.61 Å². The van der Waals surface area contributed by atoms with Gasteiger partial charge in [-0.05, 0) is 31.0 Å². The fourth-order valence-electron chi connectivity index (χ4n) is 3.96. The van der Waals surface area contributed by atoms with Crippen LogP contribution in [0.25, 0.3) is 5.13 Å². The fourth-order valence-corrected chi connectivity index (χ4v) is 4.61. The second-order valence-electron chi connectivity index (χ2n) is 7.54. The molecule has 4 rings (SSSR count). The van der Waals surface area contributed by atoms with Gasteiger partial charge in [0.05, 0.1) is 0 Å². The molecule has 148 valence electrons. The van der Waals surface area contributed by atoms with E-state index in [0.29, 0.717) is 6.04 Å². The Morgan fingerprint density at radius 2 is 2.00 bits per heavy atom. The maximum Gasteiger partial charge on any atom is 0.193 e. The van der Waals surface area contributed by atoms with Crippen molar-refractivity contribution in [1.82, 2.24) is 19.4 Å². The maximum atomic E-state index is 9.59. The summed E-state index contributed by atoms with van der Waals surface area (Å²) in [6.07, 6.45) is 4.76. The fraction of sp³-hybridized carbons (Fsp3) is 0.409. The summed E-state index contributed by atoms with van der Waals surface area (Å²) in [6.45, 7) is 7.26. The average molecular weight is 397 g/mol. The van der Waals surface area contributed by atoms with Crippen LogP contribution < -0.4 is 0 Å². The molecule has 2 aromatic heterocycles. The summed E-state index contributed by atoms with van der Waals surface area (Å²) < 4.78 is 2.18. The Bertz CT molecular complexity index is 859. The van der Waals surface area contributed by atoms with Crippen LogP contribution in [-0.2, 0) is 13.1 Å². The number of aliphatic hydroxyl groups is 1. The minimum atomic E-state index is 0.235. The summed E-state index contributed by atoms with van der Waals surface area (Å²) in [6, 6.07) is 13.5. The Labute approximate surface area is 170 Å². The Morgan fingerprint density at radius 3 is 2.75 bits per heavy atom. The van der Waals surface area contributed by atoms with E-state index in [1.807, 2.05) is 11.6 Å². The molecule has 0 saturated carbocycles. The van der Waals surface area contributed by atoms with E-state index in [9.17, 15) is 5.11 Å². The minimum absolute atomic E-state index is 0.235. The van der Waals surface area contributed by atoms with E-state index < -0.39 is 0 Å². The first-order valence-electron chi connectivity index (χ1n) is 9.92. The minimum Gasteiger partial charge on any atom is -0.396 e. The molecule has 1 aliphatic rings. The number of thiazole rings is 1. The molecule has 1 aromatic carbocycles. The van der Waals surface area contributed by atoms with Crippen LogP contribution in [0.3, 0.4) is 0 Å². The first-order valence-corrected chi connectivity index (χ1v) is 10.8. The molecule has 1 atom stereocenters. The van der Waals surface area contributed by atoms with Crippen LogP contribution in [0.15, 0.2) is 54.2 Å². The molecule has 0 bridgehead atoms. The number of aromatic nitrogens is 2. The molecule has 0 unspecified atom stereocenters. The summed E-state index contributed by atoms with van der Waals surface area (Å²) in [7, 11) is 0. The number of benzene rings is 1. The first-order chi connectivity index (χ1) is 13.7. The normalized spacial score (nSPS) is 18.6. The van der Waals surface area contributed by atoms with Crippen LogP contribution in [0.2, 0.25) is 0 Å². The topological polar surface area (TPSA) is 44.5 Å². The molecule has 1 aliphatic heterocycles. The number of rotatable bonds is 7. The van der Waals surface area contributed by atoms with Gasteiger partial charge in [0, 0.05) is 68.8 Å². The molecule has 1 saturated heterocycles. The van der Waals surface area contributed by atoms with Crippen LogP contribution in [0.5, 0.6) is 0 Å². The lowest BCUT2D eigenvalue weighted by molar-refractivity contribution is 0.0492. The van der Waals surface area contributed by atoms with Gasteiger partial charge in [0.2, 0.25) is 0 Å². The molecule has 1 N–H and O–H groups in total. The summed E-state index contributed by atoms with van der Waals surface area (Å²) in [5, 5.41) is 12.6. The number of aliphatic hydroxyl groups excluding tert-OH is 1. The van der Waals surface area contributed by atoms with Gasteiger partial charge in [-0.25, -0.2) is 4.98 Å². The van der Waals surface area contributed by atoms with Crippen molar-refractivity contribution >= 4 is 11.3 Å². The third-order valence-electron chi connectivity index (χ3n) is 5.50. The third kappa shape index (κ3) is 4.52. The van der Waals surface area contributed by atoms with Crippen molar-refractivity contribution in [2.75, 3.05) is 26.2 Å². The number of nitrogens with zero attached hydrogens (tertiary/aromatic N) is 4. The van der Waals surface area contributed by atoms with Gasteiger partial charge in [-0.15, -0.1) is 11.3 Å². The largest absolute Gasteiger partial charge is 0.396 e. The first kappa shape index (κ1) is 19.3. The maximum absolute atomic E-state index is 9.59. The molecular weight excluding hydrogens is 368 g/mol. The van der Waals surface area contributed by atoms with Crippen molar-refractivity contribution in [3.63, 3.8) is 0 Å². The van der Waals surface area contributed by atoms with Crippen LogP contribution in [0.4, 0.5) is 0 Å². The van der Waals surface area contributed by atoms with Gasteiger partial charge < -0.3 is 5.11 Å². The summed E-state index contributed by atoms with van der Waals surface area (Å²) in [5.74, 6) is 0. The molecule has 0 amide bonds. The number of aryl methyl sites for hydroxylation is 1. The molecular formula is C22H28N4OS. The number of hydrogen-bond acceptors (Lipinski definition) is 5. The zero-order valence-electron chi connectivity index (χ0n) is 16.4. The van der Waals surface area contributed by atoms with Gasteiger partial charge >= 0.3 is 0 Å². The van der Waals surface area contributed by atoms with Crippen molar-refractivity contribution in [2.24, 2.45) is 0 Å². The van der Waals surface area contributed by atoms with Gasteiger partial charge in [-0.2, -0.15) is 0 Å². The molecule has 5 nitrogen and oxygen atoms in total. The highest BCUT2D eigenvalue weighted by molar-refractivity contribution is 7.12. The molecule has 0 spiro atoms. The molecule has 3 aromatic rings. The van der Waals surface area contributed by atoms with Crippen LogP contribution in [0.1, 0.15) is 23.2 Å². The van der Waals surface area contributed by atoms with Gasteiger partial charge in [-0.1, -0.05) is 29.8 Å². The second-order valence-corrected chi connectivity index (χ2v) is 8.41. The average Bonchev–Trinajstić information content (AvgIpc) is 3.37. The Morgan fingerprint density at radius 1 is 1.14 bits per heavy atom. The molecule has 0 aliphatic carbocycles. The van der Waals surface area contributed by atoms with Gasteiger partial charge in [0.1, 0.15) is 0 Å². The zero-order chi connectivity index (χ0) is 19.3. The number of piperazine rings is 1. The van der Waals surface area contributed by atoms with Gasteiger partial charge in [0.15, 0.2) is 5.13 Å². The SMILES string of the molecule is Cc1ccc(CN2CCN(Cc3cccn3-c3nccs3)C[C@H]2CCO)cc1. The molecule has 28 heavy (non-hydrogen) atoms. The summed E-state index contributed by atoms with van der Waals surface area (Å²) >= 11 is 1.66. The van der Waals surface area contributed by atoms with E-state index in [2.05, 4.69) is 68.9 Å². The van der Waals surface area contributed by atoms with Crippen molar-refractivity contribution in [1.29, 1.82) is 0 Å². The van der Waals surface area contributed by atoms with Gasteiger partial charge in [-0.3, -0.25) is 14.4 Å². The predicted molar refractivity (Wildman–Crippen MR) is 114 cm³/mol. The van der Waals surface area contributed by atoms with E-state index in [1.165, 1.54) is 16.8 Å². The smallest absolute Gasteiger partial charge is 0.193 e. The van der Waals surface area contributed by atoms with E-state index >= 15 is 0 Å². The van der Waals surface area contributed by atoms with E-state index in [4.69, 9.17) is 0 Å². The Hall–Kier alpha value is -1.99. The lowest BCUT2D eigenvalue weighted by Gasteiger charge is -2.41. The van der Waals surface area contributed by atoms with Crippen molar-refractivity contribution < 1.29 is 5.11 Å². The van der Waals surface area contributed by atoms with Crippen LogP contribution in [-0.4, -0.2) is 56.7 Å². The van der Waals surface area contributed by atoms with Gasteiger partial charge in [0.25, 0.3) is 0 Å². The highest BCUT2D eigenvalue weighted by atomic mass is 32.1. The third-order valence-corrected chi connectivity index (χ3v) is 6.27. The number of hydrogen-bond donors (Lipinski definition) is 1. The standard InChI is InChI=1S/C22H28N4OS/c1-18-4-6-19(7-5-18)15-25-12-11-24(16-20(25)8-13-27)17-21-3-2-10-26(21)22-23-9-14-28-22/h2-7,9-10,14,20,27H,8,11-13,15-17H2,1H3/t20-/m1/s1. The predicted octanol–water partition coefficient (Wildman–Crippen LogP) is 3.31. The van der Waals surface area contributed by atoms with Crippen molar-refractivity contribution in [3.8, 4) is 5.13 Å². The lowest BCUT2D eigenvalue weighted by atomic mass is 10.1. The zero-order valence-corrected chi connectivity index (χ0v) is 17.2. The molecule has 6 heteroatoms. The lowest BCUT2D eigenvalue weighted by Crippen LogP contribution is -2.52. The Balaban J connectivity index is 1.42. The van der Waals surface area contributed by atoms with E-state index in [1.54, 1.807) is 11.3 Å². The monoisotopic (exact) mass is 396 g/mol. The van der Waals surface area contributed by atoms with E-state index in [0.717, 1.165) is 44.3 Å². The molecule has 3 heterocycles. The summed E-state index contributed by atoms with van der Waals surface area (Å²) in [5.41, 5.74) is 3.91. The van der Waals surface area contributed by atoms with Crippen LogP contribution in [0, 0.1) is 6.92 Å². The van der Waals surface area contributed by atoms with Crippen LogP contribution >= 0.6 is 11.3 Å². The summed E-state index contributed by atoms with van der Waals surface area (Å²) in [4.78, 5) is 9.47. The second kappa shape index (κ2) is 9.01.